The number of fused-ring (bicyclic) bond motifs is 2. The monoisotopic (exact) mass is 375 g/mol. The molecule has 2 aromatic rings. The largest absolute Gasteiger partial charge is 0.463 e. The molecule has 1 spiro atoms. The minimum Gasteiger partial charge on any atom is -0.463 e. The number of anilines is 1. The van der Waals surface area contributed by atoms with Crippen molar-refractivity contribution in [3.05, 3.63) is 77.4 Å². The lowest BCUT2D eigenvalue weighted by Crippen LogP contribution is -2.45. The molecule has 0 fully saturated rings. The standard InChI is InChI=1S/C23H21NO4/c1-3-28-21(26)17-13-14-23(20(17)16-9-5-4-6-10-16)18-11-7-8-12-19(18)24(15(2)25)22(23)27/h4-13,20H,3,14H2,1-2H3. The lowest BCUT2D eigenvalue weighted by atomic mass is 9.68. The van der Waals surface area contributed by atoms with Crippen LogP contribution in [0.1, 0.15) is 37.3 Å². The highest BCUT2D eigenvalue weighted by molar-refractivity contribution is 6.23. The summed E-state index contributed by atoms with van der Waals surface area (Å²) in [6.45, 7) is 3.41. The van der Waals surface area contributed by atoms with Gasteiger partial charge in [0.2, 0.25) is 11.8 Å². The molecule has 5 heteroatoms. The molecule has 1 heterocycles. The van der Waals surface area contributed by atoms with E-state index in [1.54, 1.807) is 19.1 Å². The number of para-hydroxylation sites is 1. The number of benzene rings is 2. The van der Waals surface area contributed by atoms with E-state index in [0.29, 0.717) is 17.7 Å². The van der Waals surface area contributed by atoms with E-state index in [-0.39, 0.29) is 18.4 Å². The second-order valence-corrected chi connectivity index (χ2v) is 7.08. The molecule has 1 aliphatic heterocycles. The van der Waals surface area contributed by atoms with E-state index in [0.717, 1.165) is 11.1 Å². The van der Waals surface area contributed by atoms with E-state index in [1.165, 1.54) is 11.8 Å². The zero-order chi connectivity index (χ0) is 19.9. The second-order valence-electron chi connectivity index (χ2n) is 7.08. The van der Waals surface area contributed by atoms with Gasteiger partial charge in [0, 0.05) is 18.4 Å². The molecule has 2 unspecified atom stereocenters. The van der Waals surface area contributed by atoms with Gasteiger partial charge >= 0.3 is 5.97 Å². The molecule has 4 rings (SSSR count). The van der Waals surface area contributed by atoms with Crippen LogP contribution in [0, 0.1) is 0 Å². The third-order valence-corrected chi connectivity index (χ3v) is 5.62. The van der Waals surface area contributed by atoms with Crippen LogP contribution in [0.5, 0.6) is 0 Å². The fourth-order valence-electron chi connectivity index (χ4n) is 4.56. The van der Waals surface area contributed by atoms with Crippen molar-refractivity contribution in [2.24, 2.45) is 0 Å². The van der Waals surface area contributed by atoms with Gasteiger partial charge in [-0.3, -0.25) is 9.59 Å². The molecule has 0 saturated heterocycles. The smallest absolute Gasteiger partial charge is 0.334 e. The molecular weight excluding hydrogens is 354 g/mol. The molecule has 2 aliphatic rings. The first-order valence-electron chi connectivity index (χ1n) is 9.39. The topological polar surface area (TPSA) is 63.7 Å². The van der Waals surface area contributed by atoms with Crippen LogP contribution in [0.2, 0.25) is 0 Å². The van der Waals surface area contributed by atoms with Crippen molar-refractivity contribution in [2.45, 2.75) is 31.6 Å². The Morgan fingerprint density at radius 1 is 1.11 bits per heavy atom. The van der Waals surface area contributed by atoms with Crippen molar-refractivity contribution in [3.63, 3.8) is 0 Å². The maximum Gasteiger partial charge on any atom is 0.334 e. The van der Waals surface area contributed by atoms with Crippen LogP contribution >= 0.6 is 0 Å². The summed E-state index contributed by atoms with van der Waals surface area (Å²) < 4.78 is 5.28. The quantitative estimate of drug-likeness (QED) is 0.771. The molecule has 0 aromatic heterocycles. The first-order valence-corrected chi connectivity index (χ1v) is 9.39. The predicted molar refractivity (Wildman–Crippen MR) is 105 cm³/mol. The van der Waals surface area contributed by atoms with Gasteiger partial charge < -0.3 is 4.74 Å². The molecule has 0 saturated carbocycles. The molecule has 2 atom stereocenters. The highest BCUT2D eigenvalue weighted by Crippen LogP contribution is 2.58. The Morgan fingerprint density at radius 3 is 2.46 bits per heavy atom. The molecular formula is C23H21NO4. The number of amides is 2. The summed E-state index contributed by atoms with van der Waals surface area (Å²) >= 11 is 0. The van der Waals surface area contributed by atoms with E-state index >= 15 is 0 Å². The molecule has 5 nitrogen and oxygen atoms in total. The lowest BCUT2D eigenvalue weighted by Gasteiger charge is -2.32. The molecule has 0 N–H and O–H groups in total. The van der Waals surface area contributed by atoms with Crippen LogP contribution < -0.4 is 4.90 Å². The van der Waals surface area contributed by atoms with Gasteiger partial charge in [0.15, 0.2) is 0 Å². The van der Waals surface area contributed by atoms with Gasteiger partial charge in [0.25, 0.3) is 0 Å². The number of imide groups is 1. The summed E-state index contributed by atoms with van der Waals surface area (Å²) in [6.07, 6.45) is 2.15. The summed E-state index contributed by atoms with van der Waals surface area (Å²) in [7, 11) is 0. The van der Waals surface area contributed by atoms with Crippen LogP contribution in [0.15, 0.2) is 66.2 Å². The number of allylic oxidation sites excluding steroid dienone is 1. The predicted octanol–water partition coefficient (Wildman–Crippen LogP) is 3.49. The average Bonchev–Trinajstić information content (AvgIpc) is 3.21. The molecule has 1 aliphatic carbocycles. The van der Waals surface area contributed by atoms with Gasteiger partial charge in [0.1, 0.15) is 0 Å². The van der Waals surface area contributed by atoms with Gasteiger partial charge in [-0.05, 0) is 30.5 Å². The molecule has 2 aromatic carbocycles. The van der Waals surface area contributed by atoms with E-state index in [4.69, 9.17) is 4.74 Å². The van der Waals surface area contributed by atoms with Gasteiger partial charge in [-0.1, -0.05) is 54.6 Å². The first-order chi connectivity index (χ1) is 13.5. The summed E-state index contributed by atoms with van der Waals surface area (Å²) in [4.78, 5) is 39.9. The lowest BCUT2D eigenvalue weighted by molar-refractivity contribution is -0.138. The molecule has 0 radical (unpaired) electrons. The number of ether oxygens (including phenoxy) is 1. The number of hydrogen-bond donors (Lipinski definition) is 0. The maximum absolute atomic E-state index is 13.7. The molecule has 28 heavy (non-hydrogen) atoms. The van der Waals surface area contributed by atoms with E-state index in [2.05, 4.69) is 0 Å². The summed E-state index contributed by atoms with van der Waals surface area (Å²) in [5, 5.41) is 0. The second kappa shape index (κ2) is 6.75. The highest BCUT2D eigenvalue weighted by Gasteiger charge is 2.60. The Labute approximate surface area is 163 Å². The number of carbonyl (C=O) groups is 3. The van der Waals surface area contributed by atoms with Crippen LogP contribution in [0.3, 0.4) is 0 Å². The van der Waals surface area contributed by atoms with Crippen LogP contribution in [0.25, 0.3) is 0 Å². The molecule has 142 valence electrons. The van der Waals surface area contributed by atoms with E-state index in [9.17, 15) is 14.4 Å². The number of esters is 1. The zero-order valence-corrected chi connectivity index (χ0v) is 15.8. The van der Waals surface area contributed by atoms with Crippen LogP contribution in [0.4, 0.5) is 5.69 Å². The minimum atomic E-state index is -1.02. The van der Waals surface area contributed by atoms with Crippen molar-refractivity contribution in [3.8, 4) is 0 Å². The Bertz CT molecular complexity index is 995. The van der Waals surface area contributed by atoms with Gasteiger partial charge in [-0.15, -0.1) is 0 Å². The fraction of sp³-hybridized carbons (Fsp3) is 0.261. The van der Waals surface area contributed by atoms with Crippen LogP contribution in [-0.4, -0.2) is 24.4 Å². The average molecular weight is 375 g/mol. The van der Waals surface area contributed by atoms with Crippen LogP contribution in [-0.2, 0) is 24.5 Å². The first kappa shape index (κ1) is 18.2. The Hall–Kier alpha value is -3.21. The SMILES string of the molecule is CCOC(=O)C1=CCC2(C(=O)N(C(C)=O)c3ccccc32)C1c1ccccc1. The highest BCUT2D eigenvalue weighted by atomic mass is 16.5. The van der Waals surface area contributed by atoms with E-state index in [1.807, 2.05) is 48.5 Å². The third kappa shape index (κ3) is 2.43. The number of carbonyl (C=O) groups excluding carboxylic acids is 3. The van der Waals surface area contributed by atoms with Crippen molar-refractivity contribution in [1.82, 2.24) is 0 Å². The third-order valence-electron chi connectivity index (χ3n) is 5.62. The minimum absolute atomic E-state index is 0.259. The van der Waals surface area contributed by atoms with Crippen molar-refractivity contribution < 1.29 is 19.1 Å². The maximum atomic E-state index is 13.7. The van der Waals surface area contributed by atoms with E-state index < -0.39 is 17.3 Å². The Morgan fingerprint density at radius 2 is 1.79 bits per heavy atom. The van der Waals surface area contributed by atoms with Crippen molar-refractivity contribution >= 4 is 23.5 Å². The summed E-state index contributed by atoms with van der Waals surface area (Å²) in [5.41, 5.74) is 1.68. The summed E-state index contributed by atoms with van der Waals surface area (Å²) in [5.74, 6) is -1.54. The normalized spacial score (nSPS) is 22.9. The molecule has 2 amide bonds. The van der Waals surface area contributed by atoms with Gasteiger partial charge in [0.05, 0.1) is 17.7 Å². The number of hydrogen-bond acceptors (Lipinski definition) is 4. The fourth-order valence-corrected chi connectivity index (χ4v) is 4.56. The van der Waals surface area contributed by atoms with Crippen molar-refractivity contribution in [2.75, 3.05) is 11.5 Å². The Kier molecular flexibility index (Phi) is 4.38. The number of nitrogens with zero attached hydrogens (tertiary/aromatic N) is 1. The van der Waals surface area contributed by atoms with Gasteiger partial charge in [-0.2, -0.15) is 0 Å². The number of rotatable bonds is 3. The molecule has 0 bridgehead atoms. The zero-order valence-electron chi connectivity index (χ0n) is 15.8. The van der Waals surface area contributed by atoms with Crippen molar-refractivity contribution in [1.29, 1.82) is 0 Å². The van der Waals surface area contributed by atoms with Gasteiger partial charge in [-0.25, -0.2) is 9.69 Å². The Balaban J connectivity index is 1.94. The summed E-state index contributed by atoms with van der Waals surface area (Å²) in [6, 6.07) is 16.8.